The van der Waals surface area contributed by atoms with Gasteiger partial charge >= 0.3 is 0 Å². The number of benzene rings is 9. The molecular formula is C56H38N4. The van der Waals surface area contributed by atoms with Crippen LogP contribution in [0.1, 0.15) is 25.0 Å². The Bertz CT molecular complexity index is 3520. The maximum Gasteiger partial charge on any atom is 0.164 e. The fraction of sp³-hybridized carbons (Fsp3) is 0.0536. The standard InChI is InChI=1S/C56H38N4/c1-56(2)49-22-12-10-19-43(49)44-31-29-41(34-50(44)56)60-51-23-13-11-20-45(51)46-30-28-37-25-27-40(33-48(37)52(46)60)54-57-53(39-26-24-35-14-6-7-17-38(35)32-39)58-55(59-54)47-21-9-8-18-42(47)36-15-4-3-5-16-36/h3-34H,1-2H3. The highest BCUT2D eigenvalue weighted by Gasteiger charge is 2.35. The molecule has 4 heteroatoms. The van der Waals surface area contributed by atoms with Crippen molar-refractivity contribution in [2.24, 2.45) is 0 Å². The molecule has 0 spiro atoms. The van der Waals surface area contributed by atoms with Gasteiger partial charge < -0.3 is 4.57 Å². The average Bonchev–Trinajstić information content (AvgIpc) is 3.77. The summed E-state index contributed by atoms with van der Waals surface area (Å²) in [6, 6.07) is 69.6. The molecule has 60 heavy (non-hydrogen) atoms. The van der Waals surface area contributed by atoms with E-state index >= 15 is 0 Å². The monoisotopic (exact) mass is 766 g/mol. The van der Waals surface area contributed by atoms with Gasteiger partial charge in [0.15, 0.2) is 17.5 Å². The highest BCUT2D eigenvalue weighted by molar-refractivity contribution is 6.19. The third-order valence-electron chi connectivity index (χ3n) is 12.6. The molecule has 0 saturated carbocycles. The lowest BCUT2D eigenvalue weighted by atomic mass is 9.82. The van der Waals surface area contributed by atoms with Crippen LogP contribution in [-0.2, 0) is 5.41 Å². The Labute approximate surface area is 348 Å². The molecule has 0 unspecified atom stereocenters. The first-order chi connectivity index (χ1) is 29.5. The summed E-state index contributed by atoms with van der Waals surface area (Å²) in [6.07, 6.45) is 0. The van der Waals surface area contributed by atoms with E-state index in [9.17, 15) is 0 Å². The van der Waals surface area contributed by atoms with E-state index in [1.54, 1.807) is 0 Å². The van der Waals surface area contributed by atoms with Crippen molar-refractivity contribution in [1.82, 2.24) is 19.5 Å². The molecule has 0 atom stereocenters. The third-order valence-corrected chi connectivity index (χ3v) is 12.6. The van der Waals surface area contributed by atoms with E-state index in [0.717, 1.165) is 49.7 Å². The van der Waals surface area contributed by atoms with Crippen LogP contribution in [0.15, 0.2) is 194 Å². The van der Waals surface area contributed by atoms with Gasteiger partial charge in [-0.25, -0.2) is 15.0 Å². The molecule has 0 amide bonds. The zero-order chi connectivity index (χ0) is 40.0. The minimum absolute atomic E-state index is 0.117. The van der Waals surface area contributed by atoms with Crippen molar-refractivity contribution in [2.75, 3.05) is 0 Å². The van der Waals surface area contributed by atoms with Crippen molar-refractivity contribution in [3.05, 3.63) is 205 Å². The summed E-state index contributed by atoms with van der Waals surface area (Å²) in [5, 5.41) is 7.05. The summed E-state index contributed by atoms with van der Waals surface area (Å²) >= 11 is 0. The van der Waals surface area contributed by atoms with Crippen LogP contribution in [0, 0.1) is 0 Å². The van der Waals surface area contributed by atoms with Gasteiger partial charge in [-0.3, -0.25) is 0 Å². The van der Waals surface area contributed by atoms with E-state index < -0.39 is 0 Å². The van der Waals surface area contributed by atoms with E-state index in [2.05, 4.69) is 206 Å². The number of hydrogen-bond acceptors (Lipinski definition) is 3. The molecule has 12 rings (SSSR count). The molecule has 0 bridgehead atoms. The second-order valence-electron chi connectivity index (χ2n) is 16.4. The summed E-state index contributed by atoms with van der Waals surface area (Å²) in [7, 11) is 0. The molecule has 0 aliphatic heterocycles. The number of para-hydroxylation sites is 1. The first-order valence-corrected chi connectivity index (χ1v) is 20.6. The van der Waals surface area contributed by atoms with Crippen molar-refractivity contribution in [3.63, 3.8) is 0 Å². The van der Waals surface area contributed by atoms with Crippen molar-refractivity contribution < 1.29 is 0 Å². The minimum Gasteiger partial charge on any atom is -0.309 e. The van der Waals surface area contributed by atoms with Crippen LogP contribution >= 0.6 is 0 Å². The Balaban J connectivity index is 1.10. The predicted octanol–water partition coefficient (Wildman–Crippen LogP) is 14.2. The average molecular weight is 767 g/mol. The predicted molar refractivity (Wildman–Crippen MR) is 248 cm³/mol. The molecule has 2 aromatic heterocycles. The molecule has 4 nitrogen and oxygen atoms in total. The smallest absolute Gasteiger partial charge is 0.164 e. The van der Waals surface area contributed by atoms with Crippen LogP contribution in [0.3, 0.4) is 0 Å². The lowest BCUT2D eigenvalue weighted by molar-refractivity contribution is 0.660. The summed E-state index contributed by atoms with van der Waals surface area (Å²) in [5.41, 5.74) is 13.8. The van der Waals surface area contributed by atoms with Gasteiger partial charge in [-0.05, 0) is 79.9 Å². The molecule has 0 radical (unpaired) electrons. The second-order valence-corrected chi connectivity index (χ2v) is 16.4. The fourth-order valence-electron chi connectivity index (χ4n) is 9.65. The topological polar surface area (TPSA) is 43.6 Å². The first-order valence-electron chi connectivity index (χ1n) is 20.6. The maximum absolute atomic E-state index is 5.30. The second kappa shape index (κ2) is 13.2. The zero-order valence-electron chi connectivity index (χ0n) is 33.3. The van der Waals surface area contributed by atoms with Gasteiger partial charge in [0.1, 0.15) is 0 Å². The normalized spacial score (nSPS) is 13.0. The Hall–Kier alpha value is -7.69. The van der Waals surface area contributed by atoms with Crippen molar-refractivity contribution in [3.8, 4) is 62.1 Å². The maximum atomic E-state index is 5.30. The lowest BCUT2D eigenvalue weighted by Crippen LogP contribution is -2.15. The molecule has 1 aliphatic rings. The molecule has 0 N–H and O–H groups in total. The van der Waals surface area contributed by atoms with E-state index in [-0.39, 0.29) is 5.41 Å². The summed E-state index contributed by atoms with van der Waals surface area (Å²) in [4.78, 5) is 15.8. The summed E-state index contributed by atoms with van der Waals surface area (Å²) in [6.45, 7) is 4.70. The van der Waals surface area contributed by atoms with Crippen LogP contribution in [0.5, 0.6) is 0 Å². The van der Waals surface area contributed by atoms with Gasteiger partial charge in [-0.15, -0.1) is 0 Å². The summed E-state index contributed by atoms with van der Waals surface area (Å²) in [5.74, 6) is 1.90. The van der Waals surface area contributed by atoms with Crippen LogP contribution in [0.4, 0.5) is 0 Å². The Morgan fingerprint density at radius 2 is 0.983 bits per heavy atom. The first kappa shape index (κ1) is 34.4. The molecule has 2 heterocycles. The quantitative estimate of drug-likeness (QED) is 0.175. The number of aromatic nitrogens is 4. The van der Waals surface area contributed by atoms with Crippen molar-refractivity contribution >= 4 is 43.4 Å². The third kappa shape index (κ3) is 5.27. The Morgan fingerprint density at radius 3 is 1.82 bits per heavy atom. The zero-order valence-corrected chi connectivity index (χ0v) is 33.3. The van der Waals surface area contributed by atoms with Gasteiger partial charge in [0, 0.05) is 44.0 Å². The van der Waals surface area contributed by atoms with Crippen LogP contribution in [0.25, 0.3) is 105 Å². The van der Waals surface area contributed by atoms with Crippen LogP contribution in [-0.4, -0.2) is 19.5 Å². The van der Waals surface area contributed by atoms with Crippen LogP contribution in [0.2, 0.25) is 0 Å². The lowest BCUT2D eigenvalue weighted by Gasteiger charge is -2.22. The van der Waals surface area contributed by atoms with Crippen molar-refractivity contribution in [1.29, 1.82) is 0 Å². The molecular weight excluding hydrogens is 729 g/mol. The van der Waals surface area contributed by atoms with Crippen LogP contribution < -0.4 is 0 Å². The molecule has 1 aliphatic carbocycles. The SMILES string of the molecule is CC1(C)c2ccccc2-c2ccc(-n3c4ccccc4c4ccc5ccc(-c6nc(-c7ccc8ccccc8c7)nc(-c7ccccc7-c7ccccc7)n6)cc5c43)cc21. The van der Waals surface area contributed by atoms with Crippen molar-refractivity contribution in [2.45, 2.75) is 19.3 Å². The molecule has 0 fully saturated rings. The summed E-state index contributed by atoms with van der Waals surface area (Å²) < 4.78 is 2.46. The van der Waals surface area contributed by atoms with E-state index in [1.807, 2.05) is 6.07 Å². The Morgan fingerprint density at radius 1 is 0.367 bits per heavy atom. The number of rotatable bonds is 5. The van der Waals surface area contributed by atoms with E-state index in [0.29, 0.717) is 17.5 Å². The fourth-order valence-corrected chi connectivity index (χ4v) is 9.65. The highest BCUT2D eigenvalue weighted by atomic mass is 15.0. The van der Waals surface area contributed by atoms with Gasteiger partial charge in [0.2, 0.25) is 0 Å². The van der Waals surface area contributed by atoms with Gasteiger partial charge in [-0.1, -0.05) is 178 Å². The minimum atomic E-state index is -0.117. The highest BCUT2D eigenvalue weighted by Crippen LogP contribution is 2.50. The molecule has 9 aromatic carbocycles. The van der Waals surface area contributed by atoms with E-state index in [1.165, 1.54) is 49.4 Å². The van der Waals surface area contributed by atoms with Gasteiger partial charge in [-0.2, -0.15) is 0 Å². The number of nitrogens with zero attached hydrogens (tertiary/aromatic N) is 4. The molecule has 0 saturated heterocycles. The number of fused-ring (bicyclic) bond motifs is 9. The molecule has 282 valence electrons. The van der Waals surface area contributed by atoms with Gasteiger partial charge in [0.05, 0.1) is 11.0 Å². The largest absolute Gasteiger partial charge is 0.309 e. The molecule has 11 aromatic rings. The Kier molecular flexibility index (Phi) is 7.54. The number of hydrogen-bond donors (Lipinski definition) is 0. The van der Waals surface area contributed by atoms with E-state index in [4.69, 9.17) is 15.0 Å². The van der Waals surface area contributed by atoms with Gasteiger partial charge in [0.25, 0.3) is 0 Å².